The zero-order valence-electron chi connectivity index (χ0n) is 14.1. The molecule has 0 radical (unpaired) electrons. The van der Waals surface area contributed by atoms with Crippen LogP contribution in [0.4, 0.5) is 0 Å². The lowest BCUT2D eigenvalue weighted by Crippen LogP contribution is -2.47. The van der Waals surface area contributed by atoms with Crippen LogP contribution < -0.4 is 5.73 Å². The number of likely N-dealkylation sites (tertiary alicyclic amines) is 1. The van der Waals surface area contributed by atoms with Crippen molar-refractivity contribution < 1.29 is 4.74 Å². The largest absolute Gasteiger partial charge is 0.380 e. The summed E-state index contributed by atoms with van der Waals surface area (Å²) in [5.74, 6) is 0.630. The van der Waals surface area contributed by atoms with Gasteiger partial charge in [0.1, 0.15) is 0 Å². The summed E-state index contributed by atoms with van der Waals surface area (Å²) >= 11 is 0. The van der Waals surface area contributed by atoms with E-state index in [4.69, 9.17) is 10.5 Å². The zero-order chi connectivity index (χ0) is 15.6. The minimum atomic E-state index is 0.302. The molecule has 1 aromatic rings. The molecule has 3 heteroatoms. The molecule has 118 valence electrons. The van der Waals surface area contributed by atoms with E-state index in [9.17, 15) is 0 Å². The number of benzene rings is 1. The number of nitrogens with two attached hydrogens (primary N) is 1. The molecular formula is C18H30N2O. The average molecular weight is 290 g/mol. The SMILES string of the molecule is COC1CN(C(CN)c2c(C)cc(C)cc2C)CCC1C. The second-order valence-corrected chi connectivity index (χ2v) is 6.60. The first-order chi connectivity index (χ1) is 9.97. The van der Waals surface area contributed by atoms with Crippen LogP contribution in [-0.2, 0) is 4.74 Å². The molecule has 1 aromatic carbocycles. The van der Waals surface area contributed by atoms with Gasteiger partial charge in [-0.2, -0.15) is 0 Å². The Balaban J connectivity index is 2.28. The van der Waals surface area contributed by atoms with Crippen LogP contribution >= 0.6 is 0 Å². The second-order valence-electron chi connectivity index (χ2n) is 6.60. The van der Waals surface area contributed by atoms with Crippen LogP contribution in [0.5, 0.6) is 0 Å². The quantitative estimate of drug-likeness (QED) is 0.926. The van der Waals surface area contributed by atoms with E-state index >= 15 is 0 Å². The van der Waals surface area contributed by atoms with Gasteiger partial charge in [-0.15, -0.1) is 0 Å². The maximum atomic E-state index is 6.15. The Morgan fingerprint density at radius 3 is 2.43 bits per heavy atom. The second kappa shape index (κ2) is 6.91. The predicted molar refractivity (Wildman–Crippen MR) is 88.6 cm³/mol. The molecule has 0 bridgehead atoms. The Labute approximate surface area is 129 Å². The Hall–Kier alpha value is -0.900. The Kier molecular flexibility index (Phi) is 5.42. The van der Waals surface area contributed by atoms with Crippen LogP contribution in [0, 0.1) is 26.7 Å². The van der Waals surface area contributed by atoms with E-state index in [2.05, 4.69) is 44.7 Å². The smallest absolute Gasteiger partial charge is 0.0724 e. The Morgan fingerprint density at radius 2 is 1.90 bits per heavy atom. The van der Waals surface area contributed by atoms with E-state index in [1.807, 2.05) is 7.11 Å². The van der Waals surface area contributed by atoms with E-state index in [1.165, 1.54) is 28.7 Å². The molecule has 3 nitrogen and oxygen atoms in total. The minimum Gasteiger partial charge on any atom is -0.380 e. The molecule has 0 aromatic heterocycles. The van der Waals surface area contributed by atoms with Gasteiger partial charge in [-0.3, -0.25) is 4.90 Å². The lowest BCUT2D eigenvalue weighted by Gasteiger charge is -2.41. The molecule has 1 aliphatic heterocycles. The normalized spacial score (nSPS) is 25.0. The summed E-state index contributed by atoms with van der Waals surface area (Å²) in [6.45, 7) is 11.6. The van der Waals surface area contributed by atoms with Crippen molar-refractivity contribution >= 4 is 0 Å². The van der Waals surface area contributed by atoms with Crippen LogP contribution in [0.1, 0.15) is 41.6 Å². The first-order valence-electron chi connectivity index (χ1n) is 8.02. The van der Waals surface area contributed by atoms with Crippen LogP contribution in [0.15, 0.2) is 12.1 Å². The van der Waals surface area contributed by atoms with Crippen LogP contribution in [0.3, 0.4) is 0 Å². The van der Waals surface area contributed by atoms with Crippen LogP contribution in [0.2, 0.25) is 0 Å². The van der Waals surface area contributed by atoms with Gasteiger partial charge < -0.3 is 10.5 Å². The maximum Gasteiger partial charge on any atom is 0.0724 e. The van der Waals surface area contributed by atoms with Gasteiger partial charge in [-0.05, 0) is 56.3 Å². The van der Waals surface area contributed by atoms with E-state index < -0.39 is 0 Å². The molecular weight excluding hydrogens is 260 g/mol. The molecule has 0 spiro atoms. The third-order valence-corrected chi connectivity index (χ3v) is 4.96. The van der Waals surface area contributed by atoms with Crippen molar-refractivity contribution in [1.82, 2.24) is 4.90 Å². The van der Waals surface area contributed by atoms with Gasteiger partial charge in [0.25, 0.3) is 0 Å². The van der Waals surface area contributed by atoms with Crippen molar-refractivity contribution in [2.45, 2.75) is 46.3 Å². The summed E-state index contributed by atoms with van der Waals surface area (Å²) in [5, 5.41) is 0. The Morgan fingerprint density at radius 1 is 1.29 bits per heavy atom. The summed E-state index contributed by atoms with van der Waals surface area (Å²) < 4.78 is 5.66. The van der Waals surface area contributed by atoms with E-state index in [1.54, 1.807) is 0 Å². The molecule has 1 aliphatic rings. The van der Waals surface area contributed by atoms with Crippen molar-refractivity contribution in [2.75, 3.05) is 26.7 Å². The third kappa shape index (κ3) is 3.47. The van der Waals surface area contributed by atoms with Crippen molar-refractivity contribution in [3.63, 3.8) is 0 Å². The van der Waals surface area contributed by atoms with Gasteiger partial charge in [-0.1, -0.05) is 24.6 Å². The van der Waals surface area contributed by atoms with Crippen LogP contribution in [-0.4, -0.2) is 37.7 Å². The fourth-order valence-electron chi connectivity index (χ4n) is 3.81. The fourth-order valence-corrected chi connectivity index (χ4v) is 3.81. The highest BCUT2D eigenvalue weighted by atomic mass is 16.5. The maximum absolute atomic E-state index is 6.15. The molecule has 1 saturated heterocycles. The summed E-state index contributed by atoms with van der Waals surface area (Å²) in [7, 11) is 1.82. The number of piperidine rings is 1. The number of hydrogen-bond donors (Lipinski definition) is 1. The number of nitrogens with zero attached hydrogens (tertiary/aromatic N) is 1. The number of methoxy groups -OCH3 is 1. The van der Waals surface area contributed by atoms with Gasteiger partial charge >= 0.3 is 0 Å². The third-order valence-electron chi connectivity index (χ3n) is 4.96. The van der Waals surface area contributed by atoms with Crippen molar-refractivity contribution in [2.24, 2.45) is 11.7 Å². The topological polar surface area (TPSA) is 38.5 Å². The summed E-state index contributed by atoms with van der Waals surface area (Å²) in [6.07, 6.45) is 1.50. The highest BCUT2D eigenvalue weighted by Gasteiger charge is 2.31. The van der Waals surface area contributed by atoms with Gasteiger partial charge in [0.15, 0.2) is 0 Å². The molecule has 2 rings (SSSR count). The van der Waals surface area contributed by atoms with E-state index in [-0.39, 0.29) is 0 Å². The predicted octanol–water partition coefficient (Wildman–Crippen LogP) is 2.97. The molecule has 2 N–H and O–H groups in total. The van der Waals surface area contributed by atoms with Crippen LogP contribution in [0.25, 0.3) is 0 Å². The first-order valence-corrected chi connectivity index (χ1v) is 8.02. The standard InChI is InChI=1S/C18H30N2O/c1-12-8-14(3)18(15(4)9-12)16(10-19)20-7-6-13(2)17(11-20)21-5/h8-9,13,16-17H,6-7,10-11,19H2,1-5H3. The van der Waals surface area contributed by atoms with E-state index in [0.29, 0.717) is 24.6 Å². The number of hydrogen-bond acceptors (Lipinski definition) is 3. The minimum absolute atomic E-state index is 0.302. The number of ether oxygens (including phenoxy) is 1. The van der Waals surface area contributed by atoms with Gasteiger partial charge in [0, 0.05) is 26.2 Å². The molecule has 0 amide bonds. The first kappa shape index (κ1) is 16.5. The molecule has 21 heavy (non-hydrogen) atoms. The fraction of sp³-hybridized carbons (Fsp3) is 0.667. The summed E-state index contributed by atoms with van der Waals surface area (Å²) in [5.41, 5.74) is 11.6. The monoisotopic (exact) mass is 290 g/mol. The van der Waals surface area contributed by atoms with E-state index in [0.717, 1.165) is 13.1 Å². The average Bonchev–Trinajstić information content (AvgIpc) is 2.43. The summed E-state index contributed by atoms with van der Waals surface area (Å²) in [6, 6.07) is 4.84. The van der Waals surface area contributed by atoms with Crippen molar-refractivity contribution in [3.8, 4) is 0 Å². The highest BCUT2D eigenvalue weighted by Crippen LogP contribution is 2.31. The number of aryl methyl sites for hydroxylation is 3. The molecule has 0 aliphatic carbocycles. The lowest BCUT2D eigenvalue weighted by atomic mass is 9.89. The lowest BCUT2D eigenvalue weighted by molar-refractivity contribution is -0.0184. The number of rotatable bonds is 4. The summed E-state index contributed by atoms with van der Waals surface area (Å²) in [4.78, 5) is 2.51. The Bertz CT molecular complexity index is 463. The van der Waals surface area contributed by atoms with Crippen molar-refractivity contribution in [1.29, 1.82) is 0 Å². The zero-order valence-corrected chi connectivity index (χ0v) is 14.1. The highest BCUT2D eigenvalue weighted by molar-refractivity contribution is 5.40. The molecule has 3 unspecified atom stereocenters. The van der Waals surface area contributed by atoms with Crippen molar-refractivity contribution in [3.05, 3.63) is 34.4 Å². The van der Waals surface area contributed by atoms with Gasteiger partial charge in [0.05, 0.1) is 6.10 Å². The molecule has 0 saturated carbocycles. The molecule has 1 heterocycles. The van der Waals surface area contributed by atoms with Gasteiger partial charge in [-0.25, -0.2) is 0 Å². The van der Waals surface area contributed by atoms with Gasteiger partial charge in [0.2, 0.25) is 0 Å². The molecule has 1 fully saturated rings. The molecule has 3 atom stereocenters.